The van der Waals surface area contributed by atoms with Crippen LogP contribution in [-0.4, -0.2) is 39.0 Å². The maximum Gasteiger partial charge on any atom is 0.323 e. The van der Waals surface area contributed by atoms with E-state index in [-0.39, 0.29) is 11.9 Å². The second kappa shape index (κ2) is 9.78. The molecule has 1 aliphatic rings. The number of nitrogens with one attached hydrogen (secondary N) is 1. The van der Waals surface area contributed by atoms with Gasteiger partial charge in [0, 0.05) is 25.4 Å². The zero-order valence-electron chi connectivity index (χ0n) is 18.0. The van der Waals surface area contributed by atoms with Crippen molar-refractivity contribution in [3.8, 4) is 11.6 Å². The van der Waals surface area contributed by atoms with Gasteiger partial charge in [-0.25, -0.2) is 14.8 Å². The van der Waals surface area contributed by atoms with Gasteiger partial charge in [-0.3, -0.25) is 10.3 Å². The minimum absolute atomic E-state index is 0.153. The molecule has 0 spiro atoms. The number of hydrogen-bond acceptors (Lipinski definition) is 5. The van der Waals surface area contributed by atoms with Crippen molar-refractivity contribution in [1.82, 2.24) is 19.9 Å². The van der Waals surface area contributed by atoms with Crippen LogP contribution in [0.3, 0.4) is 0 Å². The van der Waals surface area contributed by atoms with Crippen LogP contribution >= 0.6 is 11.6 Å². The van der Waals surface area contributed by atoms with Gasteiger partial charge in [0.15, 0.2) is 5.82 Å². The van der Waals surface area contributed by atoms with Gasteiger partial charge in [-0.15, -0.1) is 0 Å². The largest absolute Gasteiger partial charge is 0.439 e. The third kappa shape index (κ3) is 5.62. The molecule has 1 aromatic carbocycles. The summed E-state index contributed by atoms with van der Waals surface area (Å²) in [7, 11) is 0. The fourth-order valence-electron chi connectivity index (χ4n) is 3.52. The number of benzene rings is 1. The molecular formula is C24H24ClN5O2. The van der Waals surface area contributed by atoms with Crippen molar-refractivity contribution in [2.45, 2.75) is 20.3 Å². The molecule has 3 aromatic rings. The van der Waals surface area contributed by atoms with Gasteiger partial charge in [0.1, 0.15) is 5.75 Å². The van der Waals surface area contributed by atoms with E-state index in [1.807, 2.05) is 36.1 Å². The molecule has 1 aliphatic heterocycles. The summed E-state index contributed by atoms with van der Waals surface area (Å²) in [6.07, 6.45) is 7.74. The van der Waals surface area contributed by atoms with Crippen LogP contribution in [0.5, 0.6) is 11.6 Å². The number of anilines is 1. The van der Waals surface area contributed by atoms with Crippen LogP contribution in [0.15, 0.2) is 60.6 Å². The zero-order valence-corrected chi connectivity index (χ0v) is 18.7. The Kier molecular flexibility index (Phi) is 6.66. The fraction of sp³-hybridized carbons (Fsp3) is 0.250. The average Bonchev–Trinajstić information content (AvgIpc) is 2.78. The van der Waals surface area contributed by atoms with Crippen molar-refractivity contribution in [1.29, 1.82) is 0 Å². The molecule has 0 saturated carbocycles. The number of carbonyl (C=O) groups excluding carboxylic acids is 1. The maximum atomic E-state index is 12.6. The van der Waals surface area contributed by atoms with Crippen molar-refractivity contribution in [2.75, 3.05) is 18.4 Å². The first-order valence-electron chi connectivity index (χ1n) is 10.4. The standard InChI is InChI=1S/C24H24ClN5O2/c1-16-15-30(24(31)29-22-14-26-17(2)12-27-22)9-8-19(16)10-18-4-3-5-21(11-18)32-23-7-6-20(25)13-28-23/h3-7,10-14,16H,8-9,15H2,1-2H3,(H,27,29,31)/b19-10+. The highest BCUT2D eigenvalue weighted by molar-refractivity contribution is 6.30. The topological polar surface area (TPSA) is 80.2 Å². The van der Waals surface area contributed by atoms with Crippen molar-refractivity contribution >= 4 is 29.5 Å². The first kappa shape index (κ1) is 21.8. The number of aromatic nitrogens is 3. The molecule has 1 unspecified atom stereocenters. The van der Waals surface area contributed by atoms with Gasteiger partial charge in [0.05, 0.1) is 23.1 Å². The van der Waals surface area contributed by atoms with E-state index in [1.54, 1.807) is 30.7 Å². The summed E-state index contributed by atoms with van der Waals surface area (Å²) in [4.78, 5) is 26.9. The number of carbonyl (C=O) groups is 1. The summed E-state index contributed by atoms with van der Waals surface area (Å²) < 4.78 is 5.83. The Morgan fingerprint density at radius 2 is 2.06 bits per heavy atom. The first-order valence-corrected chi connectivity index (χ1v) is 10.8. The lowest BCUT2D eigenvalue weighted by molar-refractivity contribution is 0.197. The highest BCUT2D eigenvalue weighted by Gasteiger charge is 2.24. The second-order valence-corrected chi connectivity index (χ2v) is 8.22. The van der Waals surface area contributed by atoms with Gasteiger partial charge >= 0.3 is 6.03 Å². The number of likely N-dealkylation sites (tertiary alicyclic amines) is 1. The van der Waals surface area contributed by atoms with Crippen molar-refractivity contribution in [2.24, 2.45) is 5.92 Å². The Bertz CT molecular complexity index is 1120. The molecule has 3 heterocycles. The number of rotatable bonds is 4. The van der Waals surface area contributed by atoms with Crippen molar-refractivity contribution in [3.63, 3.8) is 0 Å². The number of piperidine rings is 1. The summed E-state index contributed by atoms with van der Waals surface area (Å²) >= 11 is 5.88. The second-order valence-electron chi connectivity index (χ2n) is 7.78. The molecule has 2 amide bonds. The Morgan fingerprint density at radius 3 is 2.78 bits per heavy atom. The molecule has 4 rings (SSSR count). The average molecular weight is 450 g/mol. The molecule has 32 heavy (non-hydrogen) atoms. The zero-order chi connectivity index (χ0) is 22.5. The van der Waals surface area contributed by atoms with Crippen LogP contribution in [0.1, 0.15) is 24.6 Å². The molecule has 7 nitrogen and oxygen atoms in total. The number of aryl methyl sites for hydroxylation is 1. The predicted molar refractivity (Wildman–Crippen MR) is 125 cm³/mol. The summed E-state index contributed by atoms with van der Waals surface area (Å²) in [5, 5.41) is 3.39. The minimum Gasteiger partial charge on any atom is -0.439 e. The van der Waals surface area contributed by atoms with E-state index >= 15 is 0 Å². The molecule has 164 valence electrons. The van der Waals surface area contributed by atoms with Gasteiger partial charge in [-0.1, -0.05) is 42.3 Å². The molecule has 1 N–H and O–H groups in total. The van der Waals surface area contributed by atoms with Crippen LogP contribution in [-0.2, 0) is 0 Å². The predicted octanol–water partition coefficient (Wildman–Crippen LogP) is 5.58. The normalized spacial score (nSPS) is 17.3. The molecule has 0 aliphatic carbocycles. The Hall–Kier alpha value is -3.45. The Morgan fingerprint density at radius 1 is 1.19 bits per heavy atom. The summed E-state index contributed by atoms with van der Waals surface area (Å²) in [6.45, 7) is 5.28. The molecule has 8 heteroatoms. The lowest BCUT2D eigenvalue weighted by atomic mass is 9.91. The number of amides is 2. The van der Waals surface area contributed by atoms with Crippen LogP contribution < -0.4 is 10.1 Å². The van der Waals surface area contributed by atoms with Crippen LogP contribution in [0.25, 0.3) is 6.08 Å². The van der Waals surface area contributed by atoms with Gasteiger partial charge < -0.3 is 9.64 Å². The Labute approximate surface area is 192 Å². The van der Waals surface area contributed by atoms with Gasteiger partial charge in [0.2, 0.25) is 5.88 Å². The SMILES string of the molecule is Cc1cnc(NC(=O)N2CC/C(=C\c3cccc(Oc4ccc(Cl)cn4)c3)C(C)C2)cn1. The van der Waals surface area contributed by atoms with Gasteiger partial charge in [0.25, 0.3) is 0 Å². The monoisotopic (exact) mass is 449 g/mol. The van der Waals surface area contributed by atoms with Crippen LogP contribution in [0, 0.1) is 12.8 Å². The molecule has 1 atom stereocenters. The molecule has 2 aromatic heterocycles. The number of ether oxygens (including phenoxy) is 1. The van der Waals surface area contributed by atoms with Crippen molar-refractivity contribution in [3.05, 3.63) is 76.8 Å². The van der Waals surface area contributed by atoms with E-state index < -0.39 is 0 Å². The van der Waals surface area contributed by atoms with Crippen molar-refractivity contribution < 1.29 is 9.53 Å². The lowest BCUT2D eigenvalue weighted by Crippen LogP contribution is -2.42. The first-order chi connectivity index (χ1) is 15.5. The van der Waals surface area contributed by atoms with Crippen LogP contribution in [0.4, 0.5) is 10.6 Å². The number of nitrogens with zero attached hydrogens (tertiary/aromatic N) is 4. The molecule has 1 fully saturated rings. The lowest BCUT2D eigenvalue weighted by Gasteiger charge is -2.33. The highest BCUT2D eigenvalue weighted by atomic mass is 35.5. The molecule has 0 bridgehead atoms. The third-order valence-corrected chi connectivity index (χ3v) is 5.46. The smallest absolute Gasteiger partial charge is 0.323 e. The molecular weight excluding hydrogens is 426 g/mol. The van der Waals surface area contributed by atoms with E-state index in [9.17, 15) is 4.79 Å². The minimum atomic E-state index is -0.153. The maximum absolute atomic E-state index is 12.6. The molecule has 1 saturated heterocycles. The highest BCUT2D eigenvalue weighted by Crippen LogP contribution is 2.27. The van der Waals surface area contributed by atoms with E-state index in [2.05, 4.69) is 33.3 Å². The quantitative estimate of drug-likeness (QED) is 0.562. The summed E-state index contributed by atoms with van der Waals surface area (Å²) in [5.41, 5.74) is 3.15. The van der Waals surface area contributed by atoms with Crippen LogP contribution in [0.2, 0.25) is 5.02 Å². The van der Waals surface area contributed by atoms with E-state index in [4.69, 9.17) is 16.3 Å². The number of halogens is 1. The number of hydrogen-bond donors (Lipinski definition) is 1. The van der Waals surface area contributed by atoms with Gasteiger partial charge in [-0.05, 0) is 43.0 Å². The summed E-state index contributed by atoms with van der Waals surface area (Å²) in [5.74, 6) is 1.89. The Balaban J connectivity index is 1.38. The summed E-state index contributed by atoms with van der Waals surface area (Å²) in [6, 6.07) is 11.2. The number of urea groups is 1. The molecule has 0 radical (unpaired) electrons. The van der Waals surface area contributed by atoms with Gasteiger partial charge in [-0.2, -0.15) is 0 Å². The van der Waals surface area contributed by atoms with E-state index in [1.165, 1.54) is 5.57 Å². The fourth-order valence-corrected chi connectivity index (χ4v) is 3.63. The van der Waals surface area contributed by atoms with E-state index in [0.717, 1.165) is 17.7 Å². The number of pyridine rings is 1. The third-order valence-electron chi connectivity index (χ3n) is 5.23. The van der Waals surface area contributed by atoms with E-state index in [0.29, 0.717) is 35.6 Å².